The van der Waals surface area contributed by atoms with E-state index in [4.69, 9.17) is 0 Å². The number of nitro groups is 1. The predicted octanol–water partition coefficient (Wildman–Crippen LogP) is 4.23. The molecule has 1 aromatic heterocycles. The van der Waals surface area contributed by atoms with Gasteiger partial charge < -0.3 is 4.57 Å². The summed E-state index contributed by atoms with van der Waals surface area (Å²) in [5.74, 6) is -0.451. The van der Waals surface area contributed by atoms with E-state index in [0.29, 0.717) is 16.6 Å². The lowest BCUT2D eigenvalue weighted by Crippen LogP contribution is -2.42. The highest BCUT2D eigenvalue weighted by Gasteiger charge is 2.21. The van der Waals surface area contributed by atoms with E-state index in [0.717, 1.165) is 23.0 Å². The normalized spacial score (nSPS) is 10.6. The van der Waals surface area contributed by atoms with E-state index < -0.39 is 10.8 Å². The van der Waals surface area contributed by atoms with Crippen LogP contribution in [0.15, 0.2) is 95.2 Å². The van der Waals surface area contributed by atoms with Crippen LogP contribution >= 0.6 is 11.8 Å². The number of hydrazine groups is 1. The van der Waals surface area contributed by atoms with Crippen LogP contribution in [0.25, 0.3) is 0 Å². The van der Waals surface area contributed by atoms with Crippen molar-refractivity contribution >= 4 is 29.0 Å². The molecule has 4 rings (SSSR count). The molecule has 0 radical (unpaired) electrons. The van der Waals surface area contributed by atoms with Gasteiger partial charge in [-0.25, -0.2) is 0 Å². The van der Waals surface area contributed by atoms with Crippen molar-refractivity contribution in [3.8, 4) is 0 Å². The zero-order valence-electron chi connectivity index (χ0n) is 17.7. The SMILES string of the molecule is Cn1cnnc1Sc1ccc(C(=O)NN(Cc2ccccc2)c2ccccc2)cc1[N+](=O)[O-]. The third kappa shape index (κ3) is 5.36. The van der Waals surface area contributed by atoms with Gasteiger partial charge in [-0.2, -0.15) is 0 Å². The number of nitrogens with one attached hydrogen (secondary N) is 1. The average Bonchev–Trinajstić information content (AvgIpc) is 3.24. The van der Waals surface area contributed by atoms with Crippen LogP contribution < -0.4 is 10.4 Å². The monoisotopic (exact) mass is 460 g/mol. The summed E-state index contributed by atoms with van der Waals surface area (Å²) in [6, 6.07) is 23.5. The molecule has 1 amide bonds. The second kappa shape index (κ2) is 9.96. The first-order valence-electron chi connectivity index (χ1n) is 9.99. The van der Waals surface area contributed by atoms with Crippen LogP contribution in [-0.2, 0) is 13.6 Å². The molecule has 10 heteroatoms. The number of hydrogen-bond acceptors (Lipinski definition) is 7. The fourth-order valence-electron chi connectivity index (χ4n) is 3.11. The molecule has 166 valence electrons. The van der Waals surface area contributed by atoms with Crippen molar-refractivity contribution in [2.45, 2.75) is 16.6 Å². The van der Waals surface area contributed by atoms with Gasteiger partial charge >= 0.3 is 0 Å². The summed E-state index contributed by atoms with van der Waals surface area (Å²) in [6.45, 7) is 0.429. The lowest BCUT2D eigenvalue weighted by Gasteiger charge is -2.25. The summed E-state index contributed by atoms with van der Waals surface area (Å²) in [6.07, 6.45) is 1.51. The molecule has 3 aromatic carbocycles. The highest BCUT2D eigenvalue weighted by molar-refractivity contribution is 7.99. The molecule has 0 fully saturated rings. The van der Waals surface area contributed by atoms with Crippen molar-refractivity contribution < 1.29 is 9.72 Å². The number of benzene rings is 3. The van der Waals surface area contributed by atoms with Gasteiger partial charge in [0, 0.05) is 18.7 Å². The number of rotatable bonds is 8. The Morgan fingerprint density at radius 2 is 1.79 bits per heavy atom. The lowest BCUT2D eigenvalue weighted by atomic mass is 10.2. The Bertz CT molecular complexity index is 1260. The minimum Gasteiger partial charge on any atom is -0.311 e. The molecule has 0 aliphatic rings. The maximum atomic E-state index is 13.1. The van der Waals surface area contributed by atoms with Gasteiger partial charge in [0.1, 0.15) is 6.33 Å². The maximum absolute atomic E-state index is 13.1. The van der Waals surface area contributed by atoms with Gasteiger partial charge in [0.25, 0.3) is 11.6 Å². The van der Waals surface area contributed by atoms with Crippen LogP contribution in [0.4, 0.5) is 11.4 Å². The van der Waals surface area contributed by atoms with E-state index in [9.17, 15) is 14.9 Å². The molecule has 1 N–H and O–H groups in total. The molecule has 0 saturated carbocycles. The zero-order valence-corrected chi connectivity index (χ0v) is 18.5. The molecule has 1 heterocycles. The maximum Gasteiger partial charge on any atom is 0.284 e. The summed E-state index contributed by atoms with van der Waals surface area (Å²) in [5, 5.41) is 21.7. The van der Waals surface area contributed by atoms with Crippen molar-refractivity contribution in [3.05, 3.63) is 106 Å². The average molecular weight is 461 g/mol. The second-order valence-corrected chi connectivity index (χ2v) is 8.12. The Morgan fingerprint density at radius 1 is 1.09 bits per heavy atom. The first-order valence-corrected chi connectivity index (χ1v) is 10.8. The van der Waals surface area contributed by atoms with Crippen molar-refractivity contribution in [2.24, 2.45) is 7.05 Å². The minimum atomic E-state index is -0.506. The standard InChI is InChI=1S/C23H20N6O3S/c1-27-16-24-25-23(27)33-21-13-12-18(14-20(21)29(31)32)22(30)26-28(19-10-6-3-7-11-19)15-17-8-4-2-5-9-17/h2-14,16H,15H2,1H3,(H,26,30). The molecule has 4 aromatic rings. The van der Waals surface area contributed by atoms with E-state index in [1.54, 1.807) is 28.8 Å². The summed E-state index contributed by atoms with van der Waals surface area (Å²) >= 11 is 1.11. The number of nitrogens with zero attached hydrogens (tertiary/aromatic N) is 5. The number of aromatic nitrogens is 3. The summed E-state index contributed by atoms with van der Waals surface area (Å²) in [7, 11) is 1.75. The van der Waals surface area contributed by atoms with Crippen molar-refractivity contribution in [3.63, 3.8) is 0 Å². The van der Waals surface area contributed by atoms with Gasteiger partial charge in [-0.15, -0.1) is 10.2 Å². The smallest absolute Gasteiger partial charge is 0.284 e. The molecular formula is C23H20N6O3S. The summed E-state index contributed by atoms with van der Waals surface area (Å²) in [5.41, 5.74) is 4.67. The molecule has 0 aliphatic heterocycles. The van der Waals surface area contributed by atoms with Gasteiger partial charge in [0.05, 0.1) is 22.1 Å². The number of amides is 1. The van der Waals surface area contributed by atoms with Crippen molar-refractivity contribution in [1.29, 1.82) is 0 Å². The first-order chi connectivity index (χ1) is 16.0. The molecular weight excluding hydrogens is 440 g/mol. The van der Waals surface area contributed by atoms with Crippen molar-refractivity contribution in [1.82, 2.24) is 20.2 Å². The topological polar surface area (TPSA) is 106 Å². The molecule has 9 nitrogen and oxygen atoms in total. The molecule has 33 heavy (non-hydrogen) atoms. The van der Waals surface area contributed by atoms with Crippen LogP contribution in [0.5, 0.6) is 0 Å². The third-order valence-corrected chi connectivity index (χ3v) is 5.89. The summed E-state index contributed by atoms with van der Waals surface area (Å²) < 4.78 is 1.66. The lowest BCUT2D eigenvalue weighted by molar-refractivity contribution is -0.387. The quantitative estimate of drug-likeness (QED) is 0.310. The molecule has 0 spiro atoms. The Balaban J connectivity index is 1.59. The fourth-order valence-corrected chi connectivity index (χ4v) is 3.96. The number of para-hydroxylation sites is 1. The largest absolute Gasteiger partial charge is 0.311 e. The fraction of sp³-hybridized carbons (Fsp3) is 0.0870. The van der Waals surface area contributed by atoms with Crippen LogP contribution in [0.3, 0.4) is 0 Å². The number of anilines is 1. The highest BCUT2D eigenvalue weighted by atomic mass is 32.2. The molecule has 0 aliphatic carbocycles. The van der Waals surface area contributed by atoms with E-state index >= 15 is 0 Å². The number of carbonyl (C=O) groups excluding carboxylic acids is 1. The Labute approximate surface area is 194 Å². The Kier molecular flexibility index (Phi) is 6.65. The molecule has 0 atom stereocenters. The van der Waals surface area contributed by atoms with Gasteiger partial charge in [0.15, 0.2) is 5.16 Å². The predicted molar refractivity (Wildman–Crippen MR) is 125 cm³/mol. The number of carbonyl (C=O) groups is 1. The van der Waals surface area contributed by atoms with Crippen LogP contribution in [0.2, 0.25) is 0 Å². The van der Waals surface area contributed by atoms with Crippen LogP contribution in [0, 0.1) is 10.1 Å². The van der Waals surface area contributed by atoms with Crippen molar-refractivity contribution in [2.75, 3.05) is 5.01 Å². The number of aryl methyl sites for hydroxylation is 1. The molecule has 0 bridgehead atoms. The number of nitro benzene ring substituents is 1. The summed E-state index contributed by atoms with van der Waals surface area (Å²) in [4.78, 5) is 24.6. The Morgan fingerprint density at radius 3 is 2.42 bits per heavy atom. The van der Waals surface area contributed by atoms with Crippen LogP contribution in [0.1, 0.15) is 15.9 Å². The van der Waals surface area contributed by atoms with Gasteiger partial charge in [-0.3, -0.25) is 25.3 Å². The zero-order chi connectivity index (χ0) is 23.2. The second-order valence-electron chi connectivity index (χ2n) is 7.11. The van der Waals surface area contributed by atoms with Gasteiger partial charge in [-0.1, -0.05) is 48.5 Å². The van der Waals surface area contributed by atoms with E-state index in [2.05, 4.69) is 15.6 Å². The molecule has 0 saturated heterocycles. The Hall–Kier alpha value is -4.18. The van der Waals surface area contributed by atoms with E-state index in [1.165, 1.54) is 12.4 Å². The minimum absolute atomic E-state index is 0.176. The van der Waals surface area contributed by atoms with Gasteiger partial charge in [0.2, 0.25) is 0 Å². The van der Waals surface area contributed by atoms with Gasteiger partial charge in [-0.05, 0) is 41.6 Å². The number of hydrogen-bond donors (Lipinski definition) is 1. The van der Waals surface area contributed by atoms with E-state index in [1.807, 2.05) is 60.7 Å². The van der Waals surface area contributed by atoms with Crippen LogP contribution in [-0.4, -0.2) is 25.6 Å². The molecule has 0 unspecified atom stereocenters. The third-order valence-electron chi connectivity index (χ3n) is 4.78. The first kappa shape index (κ1) is 22.0. The van der Waals surface area contributed by atoms with E-state index in [-0.39, 0.29) is 11.3 Å². The highest BCUT2D eigenvalue weighted by Crippen LogP contribution is 2.34.